The minimum atomic E-state index is -0.520. The van der Waals surface area contributed by atoms with Crippen molar-refractivity contribution >= 4 is 12.0 Å². The molecule has 1 saturated carbocycles. The molecule has 2 rings (SSSR count). The Kier molecular flexibility index (Phi) is 4.02. The number of urea groups is 1. The Morgan fingerprint density at radius 3 is 2.47 bits per heavy atom. The fraction of sp³-hybridized carbons (Fsp3) is 0.857. The first-order valence-corrected chi connectivity index (χ1v) is 7.17. The van der Waals surface area contributed by atoms with Crippen LogP contribution in [0.15, 0.2) is 0 Å². The fourth-order valence-electron chi connectivity index (χ4n) is 2.77. The van der Waals surface area contributed by atoms with Gasteiger partial charge in [0.05, 0.1) is 6.54 Å². The maximum absolute atomic E-state index is 12.0. The van der Waals surface area contributed by atoms with Crippen molar-refractivity contribution in [3.63, 3.8) is 0 Å². The predicted molar refractivity (Wildman–Crippen MR) is 71.7 cm³/mol. The largest absolute Gasteiger partial charge is 0.458 e. The number of rotatable bonds is 2. The third-order valence-electron chi connectivity index (χ3n) is 3.64. The lowest BCUT2D eigenvalue weighted by atomic mass is 9.94. The molecule has 0 aromatic heterocycles. The Hall–Kier alpha value is -1.26. The number of carbonyl (C=O) groups is 2. The summed E-state index contributed by atoms with van der Waals surface area (Å²) in [5, 5.41) is 2.74. The summed E-state index contributed by atoms with van der Waals surface area (Å²) in [6.07, 6.45) is 5.70. The topological polar surface area (TPSA) is 58.6 Å². The van der Waals surface area contributed by atoms with E-state index in [-0.39, 0.29) is 12.0 Å². The van der Waals surface area contributed by atoms with Crippen LogP contribution in [-0.4, -0.2) is 41.1 Å². The summed E-state index contributed by atoms with van der Waals surface area (Å²) in [6.45, 7) is 5.94. The molecule has 2 amide bonds. The van der Waals surface area contributed by atoms with Gasteiger partial charge in [-0.2, -0.15) is 0 Å². The maximum atomic E-state index is 12.0. The average molecular weight is 268 g/mol. The van der Waals surface area contributed by atoms with Gasteiger partial charge in [-0.25, -0.2) is 9.59 Å². The van der Waals surface area contributed by atoms with E-state index in [0.29, 0.717) is 12.6 Å². The third kappa shape index (κ3) is 3.61. The Morgan fingerprint density at radius 1 is 1.26 bits per heavy atom. The minimum Gasteiger partial charge on any atom is -0.458 e. The zero-order chi connectivity index (χ0) is 14.0. The van der Waals surface area contributed by atoms with Crippen LogP contribution in [0.3, 0.4) is 0 Å². The van der Waals surface area contributed by atoms with E-state index < -0.39 is 11.6 Å². The summed E-state index contributed by atoms with van der Waals surface area (Å²) in [4.78, 5) is 25.7. The van der Waals surface area contributed by atoms with Crippen LogP contribution in [0.4, 0.5) is 4.79 Å². The first-order valence-electron chi connectivity index (χ1n) is 7.17. The molecule has 2 aliphatic rings. The van der Waals surface area contributed by atoms with Crippen LogP contribution in [0.2, 0.25) is 0 Å². The molecule has 0 spiro atoms. The van der Waals surface area contributed by atoms with Crippen LogP contribution < -0.4 is 5.32 Å². The van der Waals surface area contributed by atoms with Crippen molar-refractivity contribution in [2.24, 2.45) is 0 Å². The van der Waals surface area contributed by atoms with E-state index in [2.05, 4.69) is 5.32 Å². The van der Waals surface area contributed by atoms with Crippen molar-refractivity contribution in [2.75, 3.05) is 6.54 Å². The molecule has 108 valence electrons. The molecule has 2 fully saturated rings. The van der Waals surface area contributed by atoms with Gasteiger partial charge in [-0.15, -0.1) is 0 Å². The maximum Gasteiger partial charge on any atom is 0.331 e. The summed E-state index contributed by atoms with van der Waals surface area (Å²) in [5.41, 5.74) is -0.514. The minimum absolute atomic E-state index is 0.122. The zero-order valence-electron chi connectivity index (χ0n) is 12.1. The molecular weight excluding hydrogens is 244 g/mol. The van der Waals surface area contributed by atoms with E-state index >= 15 is 0 Å². The molecule has 5 heteroatoms. The zero-order valence-corrected chi connectivity index (χ0v) is 12.1. The number of nitrogens with one attached hydrogen (secondary N) is 1. The van der Waals surface area contributed by atoms with Crippen molar-refractivity contribution in [1.29, 1.82) is 0 Å². The SMILES string of the molecule is CC(C)(C)OC(=O)[C@@H]1CN(C2CCCCC2)C(=O)N1. The normalized spacial score (nSPS) is 25.3. The summed E-state index contributed by atoms with van der Waals surface area (Å²) < 4.78 is 5.33. The molecule has 5 nitrogen and oxygen atoms in total. The molecule has 0 aromatic rings. The molecule has 1 aliphatic heterocycles. The van der Waals surface area contributed by atoms with E-state index in [1.54, 1.807) is 0 Å². The van der Waals surface area contributed by atoms with Crippen LogP contribution in [-0.2, 0) is 9.53 Å². The summed E-state index contributed by atoms with van der Waals surface area (Å²) in [5.74, 6) is -0.334. The third-order valence-corrected chi connectivity index (χ3v) is 3.64. The van der Waals surface area contributed by atoms with E-state index in [4.69, 9.17) is 4.74 Å². The highest BCUT2D eigenvalue weighted by Crippen LogP contribution is 2.25. The molecule has 19 heavy (non-hydrogen) atoms. The van der Waals surface area contributed by atoms with Gasteiger partial charge in [0.25, 0.3) is 0 Å². The number of ether oxygens (including phenoxy) is 1. The van der Waals surface area contributed by atoms with Gasteiger partial charge < -0.3 is 15.0 Å². The molecule has 1 saturated heterocycles. The molecule has 1 heterocycles. The lowest BCUT2D eigenvalue weighted by molar-refractivity contribution is -0.156. The summed E-state index contributed by atoms with van der Waals surface area (Å²) in [6, 6.07) is -0.349. The monoisotopic (exact) mass is 268 g/mol. The lowest BCUT2D eigenvalue weighted by Crippen LogP contribution is -2.39. The van der Waals surface area contributed by atoms with Gasteiger partial charge in [0.2, 0.25) is 0 Å². The van der Waals surface area contributed by atoms with Crippen LogP contribution in [0.25, 0.3) is 0 Å². The molecule has 1 N–H and O–H groups in total. The number of hydrogen-bond acceptors (Lipinski definition) is 3. The average Bonchev–Trinajstić information content (AvgIpc) is 2.70. The first-order chi connectivity index (χ1) is 8.87. The van der Waals surface area contributed by atoms with Crippen molar-refractivity contribution < 1.29 is 14.3 Å². The first kappa shape index (κ1) is 14.2. The Labute approximate surface area is 114 Å². The molecular formula is C14H24N2O3. The van der Waals surface area contributed by atoms with E-state index in [1.165, 1.54) is 19.3 Å². The molecule has 0 aromatic carbocycles. The highest BCUT2D eigenvalue weighted by molar-refractivity contribution is 5.87. The van der Waals surface area contributed by atoms with Crippen molar-refractivity contribution in [2.45, 2.75) is 70.6 Å². The summed E-state index contributed by atoms with van der Waals surface area (Å²) >= 11 is 0. The number of amides is 2. The van der Waals surface area contributed by atoms with Crippen LogP contribution in [0.1, 0.15) is 52.9 Å². The quantitative estimate of drug-likeness (QED) is 0.780. The highest BCUT2D eigenvalue weighted by Gasteiger charge is 2.39. The molecule has 1 atom stereocenters. The lowest BCUT2D eigenvalue weighted by Gasteiger charge is -2.30. The predicted octanol–water partition coefficient (Wildman–Crippen LogP) is 2.05. The number of nitrogens with zero attached hydrogens (tertiary/aromatic N) is 1. The van der Waals surface area contributed by atoms with Gasteiger partial charge in [0, 0.05) is 6.04 Å². The van der Waals surface area contributed by atoms with E-state index in [9.17, 15) is 9.59 Å². The second-order valence-electron chi connectivity index (χ2n) is 6.48. The van der Waals surface area contributed by atoms with E-state index in [0.717, 1.165) is 12.8 Å². The number of esters is 1. The van der Waals surface area contributed by atoms with Crippen molar-refractivity contribution in [3.8, 4) is 0 Å². The smallest absolute Gasteiger partial charge is 0.331 e. The standard InChI is InChI=1S/C14H24N2O3/c1-14(2,3)19-12(17)11-9-16(13(18)15-11)10-7-5-4-6-8-10/h10-11H,4-9H2,1-3H3,(H,15,18)/t11-/m0/s1. The highest BCUT2D eigenvalue weighted by atomic mass is 16.6. The Bertz CT molecular complexity index is 356. The number of hydrogen-bond donors (Lipinski definition) is 1. The van der Waals surface area contributed by atoms with Gasteiger partial charge in [-0.05, 0) is 33.6 Å². The Morgan fingerprint density at radius 2 is 1.89 bits per heavy atom. The molecule has 0 unspecified atom stereocenters. The van der Waals surface area contributed by atoms with Gasteiger partial charge >= 0.3 is 12.0 Å². The second kappa shape index (κ2) is 5.39. The van der Waals surface area contributed by atoms with Gasteiger partial charge in [0.15, 0.2) is 0 Å². The number of carbonyl (C=O) groups excluding carboxylic acids is 2. The van der Waals surface area contributed by atoms with Gasteiger partial charge in [-0.3, -0.25) is 0 Å². The van der Waals surface area contributed by atoms with Crippen LogP contribution in [0.5, 0.6) is 0 Å². The van der Waals surface area contributed by atoms with Gasteiger partial charge in [-0.1, -0.05) is 19.3 Å². The summed E-state index contributed by atoms with van der Waals surface area (Å²) in [7, 11) is 0. The van der Waals surface area contributed by atoms with Crippen LogP contribution in [0, 0.1) is 0 Å². The molecule has 0 bridgehead atoms. The molecule has 1 aliphatic carbocycles. The fourth-order valence-corrected chi connectivity index (χ4v) is 2.77. The van der Waals surface area contributed by atoms with E-state index in [1.807, 2.05) is 25.7 Å². The van der Waals surface area contributed by atoms with Gasteiger partial charge in [0.1, 0.15) is 11.6 Å². The second-order valence-corrected chi connectivity index (χ2v) is 6.48. The Balaban J connectivity index is 1.93. The van der Waals surface area contributed by atoms with Crippen molar-refractivity contribution in [1.82, 2.24) is 10.2 Å². The molecule has 0 radical (unpaired) electrons. The van der Waals surface area contributed by atoms with Crippen molar-refractivity contribution in [3.05, 3.63) is 0 Å². The van der Waals surface area contributed by atoms with Crippen LogP contribution >= 0.6 is 0 Å².